The van der Waals surface area contributed by atoms with Gasteiger partial charge in [-0.25, -0.2) is 0 Å². The van der Waals surface area contributed by atoms with Crippen LogP contribution in [-0.4, -0.2) is 30.8 Å². The summed E-state index contributed by atoms with van der Waals surface area (Å²) in [5.74, 6) is 1.02. The van der Waals surface area contributed by atoms with Crippen LogP contribution < -0.4 is 10.1 Å². The van der Waals surface area contributed by atoms with E-state index < -0.39 is 5.41 Å². The molecular weight excluding hydrogens is 266 g/mol. The summed E-state index contributed by atoms with van der Waals surface area (Å²) in [6.45, 7) is 8.17. The number of carbonyl (C=O) groups excluding carboxylic acids is 1. The average molecular weight is 293 g/mol. The van der Waals surface area contributed by atoms with Gasteiger partial charge in [0, 0.05) is 6.54 Å². The van der Waals surface area contributed by atoms with E-state index in [2.05, 4.69) is 5.32 Å². The molecule has 118 valence electrons. The zero-order chi connectivity index (χ0) is 16.0. The highest BCUT2D eigenvalue weighted by molar-refractivity contribution is 5.87. The summed E-state index contributed by atoms with van der Waals surface area (Å²) >= 11 is 0. The van der Waals surface area contributed by atoms with Gasteiger partial charge in [0.2, 0.25) is 5.91 Å². The van der Waals surface area contributed by atoms with Crippen molar-refractivity contribution < 1.29 is 14.6 Å². The third kappa shape index (κ3) is 5.05. The smallest absolute Gasteiger partial charge is 0.230 e. The maximum Gasteiger partial charge on any atom is 0.230 e. The van der Waals surface area contributed by atoms with Gasteiger partial charge in [-0.2, -0.15) is 0 Å². The van der Waals surface area contributed by atoms with E-state index in [4.69, 9.17) is 4.74 Å². The molecule has 1 aromatic rings. The number of aliphatic hydroxyl groups excluding tert-OH is 1. The second kappa shape index (κ2) is 7.46. The van der Waals surface area contributed by atoms with E-state index in [1.54, 1.807) is 14.0 Å². The fourth-order valence-corrected chi connectivity index (χ4v) is 2.29. The lowest BCUT2D eigenvalue weighted by Gasteiger charge is -2.25. The molecule has 2 atom stereocenters. The molecule has 0 aliphatic heterocycles. The zero-order valence-electron chi connectivity index (χ0n) is 13.6. The highest BCUT2D eigenvalue weighted by Gasteiger charge is 2.29. The van der Waals surface area contributed by atoms with Crippen LogP contribution in [0.5, 0.6) is 5.75 Å². The van der Waals surface area contributed by atoms with E-state index >= 15 is 0 Å². The lowest BCUT2D eigenvalue weighted by Crippen LogP contribution is -2.42. The SMILES string of the molecule is COc1ccc(C(C)(C)C(=O)NCC(C)CC(C)O)cc1. The van der Waals surface area contributed by atoms with Gasteiger partial charge in [-0.15, -0.1) is 0 Å². The Morgan fingerprint density at radius 2 is 1.86 bits per heavy atom. The fraction of sp³-hybridized carbons (Fsp3) is 0.588. The Morgan fingerprint density at radius 3 is 2.33 bits per heavy atom. The third-order valence-corrected chi connectivity index (χ3v) is 3.73. The lowest BCUT2D eigenvalue weighted by atomic mass is 9.83. The summed E-state index contributed by atoms with van der Waals surface area (Å²) in [5.41, 5.74) is 0.348. The summed E-state index contributed by atoms with van der Waals surface area (Å²) in [7, 11) is 1.62. The first kappa shape index (κ1) is 17.5. The minimum absolute atomic E-state index is 0.00916. The first-order chi connectivity index (χ1) is 9.77. The molecule has 0 spiro atoms. The lowest BCUT2D eigenvalue weighted by molar-refractivity contribution is -0.125. The number of carbonyl (C=O) groups is 1. The second-order valence-corrected chi connectivity index (χ2v) is 6.25. The molecule has 4 nitrogen and oxygen atoms in total. The standard InChI is InChI=1S/C17H27NO3/c1-12(10-13(2)19)11-18-16(20)17(3,4)14-6-8-15(21-5)9-7-14/h6-9,12-13,19H,10-11H2,1-5H3,(H,18,20). The molecule has 2 N–H and O–H groups in total. The molecule has 0 aliphatic rings. The number of methoxy groups -OCH3 is 1. The molecule has 4 heteroatoms. The van der Waals surface area contributed by atoms with Gasteiger partial charge in [0.25, 0.3) is 0 Å². The van der Waals surface area contributed by atoms with Crippen molar-refractivity contribution in [3.63, 3.8) is 0 Å². The van der Waals surface area contributed by atoms with E-state index in [1.165, 1.54) is 0 Å². The van der Waals surface area contributed by atoms with Gasteiger partial charge in [-0.3, -0.25) is 4.79 Å². The van der Waals surface area contributed by atoms with Crippen molar-refractivity contribution in [3.8, 4) is 5.75 Å². The predicted octanol–water partition coefficient (Wildman–Crippen LogP) is 2.50. The van der Waals surface area contributed by atoms with Gasteiger partial charge in [-0.1, -0.05) is 19.1 Å². The molecule has 0 heterocycles. The van der Waals surface area contributed by atoms with Crippen molar-refractivity contribution in [2.24, 2.45) is 5.92 Å². The minimum Gasteiger partial charge on any atom is -0.497 e. The largest absolute Gasteiger partial charge is 0.497 e. The molecule has 0 saturated heterocycles. The number of amides is 1. The van der Waals surface area contributed by atoms with Crippen LogP contribution in [0, 0.1) is 5.92 Å². The summed E-state index contributed by atoms with van der Waals surface area (Å²) in [6, 6.07) is 7.55. The highest BCUT2D eigenvalue weighted by Crippen LogP contribution is 2.25. The molecule has 0 aromatic heterocycles. The summed E-state index contributed by atoms with van der Waals surface area (Å²) in [4.78, 5) is 12.4. The van der Waals surface area contributed by atoms with Crippen molar-refractivity contribution in [1.29, 1.82) is 0 Å². The molecule has 0 radical (unpaired) electrons. The Kier molecular flexibility index (Phi) is 6.21. The molecule has 1 rings (SSSR count). The van der Waals surface area contributed by atoms with Crippen LogP contribution in [0.4, 0.5) is 0 Å². The molecule has 1 amide bonds. The molecule has 1 aromatic carbocycles. The number of ether oxygens (including phenoxy) is 1. The fourth-order valence-electron chi connectivity index (χ4n) is 2.29. The predicted molar refractivity (Wildman–Crippen MR) is 84.5 cm³/mol. The van der Waals surface area contributed by atoms with E-state index in [1.807, 2.05) is 45.0 Å². The second-order valence-electron chi connectivity index (χ2n) is 6.25. The van der Waals surface area contributed by atoms with Crippen LogP contribution in [-0.2, 0) is 10.2 Å². The number of benzene rings is 1. The Hall–Kier alpha value is -1.55. The van der Waals surface area contributed by atoms with E-state index in [9.17, 15) is 9.90 Å². The van der Waals surface area contributed by atoms with E-state index in [0.717, 1.165) is 11.3 Å². The maximum atomic E-state index is 12.4. The number of hydrogen-bond donors (Lipinski definition) is 2. The van der Waals surface area contributed by atoms with Gasteiger partial charge in [0.1, 0.15) is 5.75 Å². The summed E-state index contributed by atoms with van der Waals surface area (Å²) in [6.07, 6.45) is 0.343. The van der Waals surface area contributed by atoms with Crippen LogP contribution in [0.25, 0.3) is 0 Å². The van der Waals surface area contributed by atoms with Gasteiger partial charge in [0.05, 0.1) is 18.6 Å². The number of aliphatic hydroxyl groups is 1. The summed E-state index contributed by atoms with van der Waals surface area (Å²) in [5, 5.41) is 12.3. The van der Waals surface area contributed by atoms with Crippen molar-refractivity contribution >= 4 is 5.91 Å². The third-order valence-electron chi connectivity index (χ3n) is 3.73. The van der Waals surface area contributed by atoms with Crippen molar-refractivity contribution in [2.75, 3.05) is 13.7 Å². The minimum atomic E-state index is -0.600. The van der Waals surface area contributed by atoms with Crippen LogP contribution in [0.2, 0.25) is 0 Å². The molecule has 21 heavy (non-hydrogen) atoms. The monoisotopic (exact) mass is 293 g/mol. The zero-order valence-corrected chi connectivity index (χ0v) is 13.6. The van der Waals surface area contributed by atoms with Crippen LogP contribution >= 0.6 is 0 Å². The highest BCUT2D eigenvalue weighted by atomic mass is 16.5. The first-order valence-corrected chi connectivity index (χ1v) is 7.38. The van der Waals surface area contributed by atoms with Crippen molar-refractivity contribution in [1.82, 2.24) is 5.32 Å². The van der Waals surface area contributed by atoms with Gasteiger partial charge in [-0.05, 0) is 50.8 Å². The number of nitrogens with one attached hydrogen (secondary N) is 1. The quantitative estimate of drug-likeness (QED) is 0.812. The van der Waals surface area contributed by atoms with Crippen LogP contribution in [0.1, 0.15) is 39.7 Å². The topological polar surface area (TPSA) is 58.6 Å². The Labute approximate surface area is 127 Å². The van der Waals surface area contributed by atoms with Gasteiger partial charge in [0.15, 0.2) is 0 Å². The van der Waals surface area contributed by atoms with Gasteiger partial charge >= 0.3 is 0 Å². The summed E-state index contributed by atoms with van der Waals surface area (Å²) < 4.78 is 5.13. The van der Waals surface area contributed by atoms with E-state index in [-0.39, 0.29) is 17.9 Å². The molecule has 0 bridgehead atoms. The molecular formula is C17H27NO3. The molecule has 2 unspecified atom stereocenters. The maximum absolute atomic E-state index is 12.4. The molecule has 0 aliphatic carbocycles. The van der Waals surface area contributed by atoms with E-state index in [0.29, 0.717) is 13.0 Å². The first-order valence-electron chi connectivity index (χ1n) is 7.38. The average Bonchev–Trinajstić information content (AvgIpc) is 2.44. The normalized spacial score (nSPS) is 14.4. The number of hydrogen-bond acceptors (Lipinski definition) is 3. The Balaban J connectivity index is 2.65. The molecule has 0 saturated carbocycles. The van der Waals surface area contributed by atoms with Crippen molar-refractivity contribution in [3.05, 3.63) is 29.8 Å². The van der Waals surface area contributed by atoms with Crippen LogP contribution in [0.3, 0.4) is 0 Å². The Bertz CT molecular complexity index is 452. The van der Waals surface area contributed by atoms with Crippen molar-refractivity contribution in [2.45, 2.75) is 45.6 Å². The van der Waals surface area contributed by atoms with Gasteiger partial charge < -0.3 is 15.2 Å². The molecule has 0 fully saturated rings. The number of rotatable bonds is 7. The van der Waals surface area contributed by atoms with Crippen LogP contribution in [0.15, 0.2) is 24.3 Å². The Morgan fingerprint density at radius 1 is 1.29 bits per heavy atom.